The second-order valence-corrected chi connectivity index (χ2v) is 6.08. The van der Waals surface area contributed by atoms with Gasteiger partial charge < -0.3 is 10.1 Å². The highest BCUT2D eigenvalue weighted by Crippen LogP contribution is 2.33. The maximum absolute atomic E-state index is 13.0. The number of hydrogen-bond acceptors (Lipinski definition) is 3. The number of benzene rings is 1. The molecule has 1 aromatic rings. The van der Waals surface area contributed by atoms with E-state index in [-0.39, 0.29) is 17.7 Å². The van der Waals surface area contributed by atoms with Crippen LogP contribution >= 0.6 is 0 Å². The molecule has 0 aromatic heterocycles. The molecule has 0 saturated heterocycles. The van der Waals surface area contributed by atoms with Crippen molar-refractivity contribution >= 4 is 18.5 Å². The minimum absolute atomic E-state index is 0.0360. The number of rotatable bonds is 5. The molecule has 0 aliphatic rings. The van der Waals surface area contributed by atoms with E-state index >= 15 is 0 Å². The largest absolute Gasteiger partial charge is 0.444 e. The number of nitrogens with one attached hydrogen (secondary N) is 1. The lowest BCUT2D eigenvalue weighted by Crippen LogP contribution is -2.32. The summed E-state index contributed by atoms with van der Waals surface area (Å²) >= 11 is 0. The SMILES string of the molecule is CC(C)(C)OC(=O)NCCC=Cc1ccc(C=O)cc1C(F)(F)F. The summed E-state index contributed by atoms with van der Waals surface area (Å²) in [5, 5.41) is 2.51. The predicted molar refractivity (Wildman–Crippen MR) is 84.7 cm³/mol. The second kappa shape index (κ2) is 7.99. The van der Waals surface area contributed by atoms with E-state index in [1.165, 1.54) is 24.3 Å². The third-order valence-electron chi connectivity index (χ3n) is 2.80. The number of alkyl halides is 3. The zero-order chi connectivity index (χ0) is 18.4. The molecule has 7 heteroatoms. The molecule has 0 spiro atoms. The highest BCUT2D eigenvalue weighted by Gasteiger charge is 2.32. The van der Waals surface area contributed by atoms with Gasteiger partial charge in [0.15, 0.2) is 0 Å². The summed E-state index contributed by atoms with van der Waals surface area (Å²) in [6.45, 7) is 5.43. The smallest absolute Gasteiger partial charge is 0.417 e. The van der Waals surface area contributed by atoms with Gasteiger partial charge in [-0.1, -0.05) is 24.3 Å². The van der Waals surface area contributed by atoms with Crippen molar-refractivity contribution in [2.75, 3.05) is 6.54 Å². The van der Waals surface area contributed by atoms with Crippen molar-refractivity contribution in [3.05, 3.63) is 41.0 Å². The van der Waals surface area contributed by atoms with Gasteiger partial charge in [0.2, 0.25) is 0 Å². The first-order valence-corrected chi connectivity index (χ1v) is 7.33. The highest BCUT2D eigenvalue weighted by molar-refractivity contribution is 5.76. The molecule has 0 bridgehead atoms. The number of carbonyl (C=O) groups excluding carboxylic acids is 2. The molecule has 0 aliphatic carbocycles. The quantitative estimate of drug-likeness (QED) is 0.635. The van der Waals surface area contributed by atoms with Gasteiger partial charge in [-0.15, -0.1) is 0 Å². The molecule has 24 heavy (non-hydrogen) atoms. The Morgan fingerprint density at radius 2 is 1.92 bits per heavy atom. The Kier molecular flexibility index (Phi) is 6.57. The fourth-order valence-corrected chi connectivity index (χ4v) is 1.82. The van der Waals surface area contributed by atoms with E-state index in [0.29, 0.717) is 12.7 Å². The first-order valence-electron chi connectivity index (χ1n) is 7.33. The molecule has 0 aliphatic heterocycles. The van der Waals surface area contributed by atoms with Gasteiger partial charge in [-0.25, -0.2) is 4.79 Å². The van der Waals surface area contributed by atoms with Crippen molar-refractivity contribution in [1.82, 2.24) is 5.32 Å². The maximum Gasteiger partial charge on any atom is 0.417 e. The van der Waals surface area contributed by atoms with Gasteiger partial charge in [0.05, 0.1) is 5.56 Å². The Morgan fingerprint density at radius 1 is 1.25 bits per heavy atom. The van der Waals surface area contributed by atoms with E-state index in [1.54, 1.807) is 20.8 Å². The normalized spacial score (nSPS) is 12.2. The fraction of sp³-hybridized carbons (Fsp3) is 0.412. The molecular weight excluding hydrogens is 323 g/mol. The van der Waals surface area contributed by atoms with Crippen LogP contribution in [-0.4, -0.2) is 24.5 Å². The maximum atomic E-state index is 13.0. The van der Waals surface area contributed by atoms with E-state index in [2.05, 4.69) is 5.32 Å². The summed E-state index contributed by atoms with van der Waals surface area (Å²) in [4.78, 5) is 22.0. The van der Waals surface area contributed by atoms with Crippen LogP contribution in [0.25, 0.3) is 6.08 Å². The third-order valence-corrected chi connectivity index (χ3v) is 2.80. The Morgan fingerprint density at radius 3 is 2.46 bits per heavy atom. The summed E-state index contributed by atoms with van der Waals surface area (Å²) < 4.78 is 44.0. The highest BCUT2D eigenvalue weighted by atomic mass is 19.4. The topological polar surface area (TPSA) is 55.4 Å². The fourth-order valence-electron chi connectivity index (χ4n) is 1.82. The van der Waals surface area contributed by atoms with Gasteiger partial charge in [-0.3, -0.25) is 4.79 Å². The number of ether oxygens (including phenoxy) is 1. The minimum Gasteiger partial charge on any atom is -0.444 e. The summed E-state index contributed by atoms with van der Waals surface area (Å²) in [7, 11) is 0. The molecule has 132 valence electrons. The summed E-state index contributed by atoms with van der Waals surface area (Å²) in [5.41, 5.74) is -1.55. The first kappa shape index (κ1) is 19.7. The molecule has 1 rings (SSSR count). The van der Waals surface area contributed by atoms with Crippen molar-refractivity contribution in [3.8, 4) is 0 Å². The number of hydrogen-bond donors (Lipinski definition) is 1. The molecular formula is C17H20F3NO3. The Bertz CT molecular complexity index is 616. The Hall–Kier alpha value is -2.31. The lowest BCUT2D eigenvalue weighted by molar-refractivity contribution is -0.137. The summed E-state index contributed by atoms with van der Waals surface area (Å²) in [5.74, 6) is 0. The van der Waals surface area contributed by atoms with Crippen LogP contribution in [0.2, 0.25) is 0 Å². The number of carbonyl (C=O) groups is 2. The number of amides is 1. The predicted octanol–water partition coefficient (Wildman–Crippen LogP) is 4.45. The van der Waals surface area contributed by atoms with Gasteiger partial charge in [0, 0.05) is 12.1 Å². The van der Waals surface area contributed by atoms with E-state index in [9.17, 15) is 22.8 Å². The Balaban J connectivity index is 2.65. The number of halogens is 3. The molecule has 4 nitrogen and oxygen atoms in total. The molecule has 0 unspecified atom stereocenters. The average Bonchev–Trinajstić information content (AvgIpc) is 2.44. The molecule has 0 atom stereocenters. The summed E-state index contributed by atoms with van der Waals surface area (Å²) in [6.07, 6.45) is -1.59. The van der Waals surface area contributed by atoms with Crippen molar-refractivity contribution in [2.45, 2.75) is 39.0 Å². The summed E-state index contributed by atoms with van der Waals surface area (Å²) in [6, 6.07) is 3.37. The van der Waals surface area contributed by atoms with Crippen molar-refractivity contribution in [2.24, 2.45) is 0 Å². The van der Waals surface area contributed by atoms with Crippen molar-refractivity contribution in [1.29, 1.82) is 0 Å². The monoisotopic (exact) mass is 343 g/mol. The van der Waals surface area contributed by atoms with Gasteiger partial charge in [0.1, 0.15) is 11.9 Å². The zero-order valence-corrected chi connectivity index (χ0v) is 13.7. The first-order chi connectivity index (χ1) is 11.0. The third kappa shape index (κ3) is 6.85. The van der Waals surface area contributed by atoms with E-state index in [1.807, 2.05) is 0 Å². The van der Waals surface area contributed by atoms with Gasteiger partial charge in [-0.05, 0) is 38.8 Å². The molecule has 0 heterocycles. The molecule has 0 fully saturated rings. The van der Waals surface area contributed by atoms with Crippen molar-refractivity contribution in [3.63, 3.8) is 0 Å². The molecule has 0 saturated carbocycles. The second-order valence-electron chi connectivity index (χ2n) is 6.08. The average molecular weight is 343 g/mol. The molecule has 1 amide bonds. The van der Waals surface area contributed by atoms with Gasteiger partial charge in [-0.2, -0.15) is 13.2 Å². The van der Waals surface area contributed by atoms with E-state index in [4.69, 9.17) is 4.74 Å². The minimum atomic E-state index is -4.55. The van der Waals surface area contributed by atoms with Crippen LogP contribution in [0.5, 0.6) is 0 Å². The van der Waals surface area contributed by atoms with Crippen LogP contribution in [0, 0.1) is 0 Å². The van der Waals surface area contributed by atoms with Crippen LogP contribution in [0.3, 0.4) is 0 Å². The molecule has 1 aromatic carbocycles. The number of aldehydes is 1. The van der Waals surface area contributed by atoms with E-state index in [0.717, 1.165) is 6.07 Å². The lowest BCUT2D eigenvalue weighted by atomic mass is 10.0. The van der Waals surface area contributed by atoms with Crippen LogP contribution in [0.1, 0.15) is 48.7 Å². The van der Waals surface area contributed by atoms with Crippen LogP contribution in [-0.2, 0) is 10.9 Å². The van der Waals surface area contributed by atoms with Crippen LogP contribution < -0.4 is 5.32 Å². The Labute approximate surface area is 138 Å². The van der Waals surface area contributed by atoms with Crippen molar-refractivity contribution < 1.29 is 27.5 Å². The lowest BCUT2D eigenvalue weighted by Gasteiger charge is -2.19. The van der Waals surface area contributed by atoms with Gasteiger partial charge in [0.25, 0.3) is 0 Å². The standard InChI is InChI=1S/C17H20F3NO3/c1-16(2,3)24-15(23)21-9-5-4-6-13-8-7-12(11-22)10-14(13)17(18,19)20/h4,6-8,10-11H,5,9H2,1-3H3,(H,21,23). The van der Waals surface area contributed by atoms with Crippen LogP contribution in [0.4, 0.5) is 18.0 Å². The van der Waals surface area contributed by atoms with E-state index < -0.39 is 23.4 Å². The zero-order valence-electron chi connectivity index (χ0n) is 13.7. The molecule has 0 radical (unpaired) electrons. The van der Waals surface area contributed by atoms with Gasteiger partial charge >= 0.3 is 12.3 Å². The van der Waals surface area contributed by atoms with Crippen LogP contribution in [0.15, 0.2) is 24.3 Å². The molecule has 1 N–H and O–H groups in total. The number of alkyl carbamates (subject to hydrolysis) is 1.